The molecule has 0 aliphatic rings. The van der Waals surface area contributed by atoms with Crippen LogP contribution in [0.3, 0.4) is 0 Å². The van der Waals surface area contributed by atoms with Gasteiger partial charge in [0.05, 0.1) is 0 Å². The van der Waals surface area contributed by atoms with Crippen LogP contribution in [0, 0.1) is 5.41 Å². The molecule has 0 aliphatic carbocycles. The molecule has 0 saturated carbocycles. The van der Waals surface area contributed by atoms with Crippen LogP contribution in [0.25, 0.3) is 11.1 Å². The summed E-state index contributed by atoms with van der Waals surface area (Å²) in [6.45, 7) is 0. The van der Waals surface area contributed by atoms with Crippen LogP contribution in [0.4, 0.5) is 5.69 Å². The van der Waals surface area contributed by atoms with Gasteiger partial charge in [-0.2, -0.15) is 0 Å². The molecule has 0 aliphatic heterocycles. The zero-order valence-electron chi connectivity index (χ0n) is 10.3. The van der Waals surface area contributed by atoms with Gasteiger partial charge >= 0.3 is 0 Å². The third-order valence-electron chi connectivity index (χ3n) is 2.53. The predicted molar refractivity (Wildman–Crippen MR) is 97.2 cm³/mol. The molecule has 0 spiro atoms. The van der Waals surface area contributed by atoms with Crippen molar-refractivity contribution in [2.45, 2.75) is 0 Å². The Hall–Kier alpha value is -0.720. The zero-order valence-corrected chi connectivity index (χ0v) is 14.2. The Morgan fingerprint density at radius 1 is 1.11 bits per heavy atom. The lowest BCUT2D eigenvalue weighted by Crippen LogP contribution is -2.06. The minimum Gasteiger partial charge on any atom is -0.335 e. The van der Waals surface area contributed by atoms with Crippen molar-refractivity contribution in [3.63, 3.8) is 0 Å². The minimum atomic E-state index is 0. The Labute approximate surface area is 139 Å². The maximum Gasteiger partial charge on any atom is 0.157 e. The van der Waals surface area contributed by atoms with Gasteiger partial charge in [-0.25, -0.2) is 0 Å². The van der Waals surface area contributed by atoms with E-state index in [4.69, 9.17) is 17.0 Å². The summed E-state index contributed by atoms with van der Waals surface area (Å²) in [5.74, 6) is 0. The van der Waals surface area contributed by atoms with E-state index in [9.17, 15) is 0 Å². The van der Waals surface area contributed by atoms with Gasteiger partial charge in [0.1, 0.15) is 0 Å². The molecule has 0 radical (unpaired) electrons. The van der Waals surface area contributed by atoms with Crippen LogP contribution < -0.4 is 5.32 Å². The first kappa shape index (κ1) is 16.3. The van der Waals surface area contributed by atoms with E-state index in [2.05, 4.69) is 5.32 Å². The molecule has 0 atom stereocenters. The van der Waals surface area contributed by atoms with Gasteiger partial charge in [-0.1, -0.05) is 53.7 Å². The van der Waals surface area contributed by atoms with E-state index < -0.39 is 0 Å². The summed E-state index contributed by atoms with van der Waals surface area (Å²) in [5, 5.41) is 11.9. The average molecular weight is 405 g/mol. The summed E-state index contributed by atoms with van der Waals surface area (Å²) in [7, 11) is 0. The monoisotopic (exact) mass is 404 g/mol. The molecule has 0 unspecified atom stereocenters. The maximum atomic E-state index is 7.70. The van der Waals surface area contributed by atoms with E-state index in [1.165, 1.54) is 11.8 Å². The van der Waals surface area contributed by atoms with Crippen molar-refractivity contribution in [3.05, 3.63) is 53.6 Å². The van der Waals surface area contributed by atoms with Gasteiger partial charge in [-0.3, -0.25) is 5.41 Å². The lowest BCUT2D eigenvalue weighted by atomic mass is 10.0. The van der Waals surface area contributed by atoms with Crippen molar-refractivity contribution in [3.8, 4) is 11.1 Å². The van der Waals surface area contributed by atoms with E-state index in [0.717, 1.165) is 21.8 Å². The number of thioether (sulfide) groups is 1. The molecule has 0 heterocycles. The second kappa shape index (κ2) is 7.77. The Bertz CT molecular complexity index is 558. The third-order valence-corrected chi connectivity index (χ3v) is 3.30. The smallest absolute Gasteiger partial charge is 0.157 e. The number of para-hydroxylation sites is 1. The van der Waals surface area contributed by atoms with Gasteiger partial charge in [0, 0.05) is 16.3 Å². The first-order valence-corrected chi connectivity index (χ1v) is 7.05. The van der Waals surface area contributed by atoms with Crippen LogP contribution >= 0.6 is 47.3 Å². The van der Waals surface area contributed by atoms with Crippen molar-refractivity contribution in [2.24, 2.45) is 0 Å². The van der Waals surface area contributed by atoms with E-state index in [-0.39, 0.29) is 24.0 Å². The van der Waals surface area contributed by atoms with Crippen LogP contribution in [-0.4, -0.2) is 11.4 Å². The highest BCUT2D eigenvalue weighted by Gasteiger charge is 2.05. The molecule has 0 amide bonds. The first-order chi connectivity index (χ1) is 8.70. The molecule has 0 saturated heterocycles. The normalized spacial score (nSPS) is 9.58. The molecular formula is C14H14ClIN2S. The molecule has 2 rings (SSSR count). The van der Waals surface area contributed by atoms with E-state index in [1.54, 1.807) is 0 Å². The van der Waals surface area contributed by atoms with Gasteiger partial charge in [0.15, 0.2) is 5.17 Å². The highest BCUT2D eigenvalue weighted by molar-refractivity contribution is 14.0. The van der Waals surface area contributed by atoms with Crippen molar-refractivity contribution in [2.75, 3.05) is 11.6 Å². The molecule has 0 fully saturated rings. The van der Waals surface area contributed by atoms with E-state index >= 15 is 0 Å². The SMILES string of the molecule is CSC(=N)Nc1ccccc1-c1ccc(Cl)cc1.I. The standard InChI is InChI=1S/C14H13ClN2S.HI/c1-18-14(16)17-13-5-3-2-4-12(13)10-6-8-11(15)9-7-10;/h2-9H,1H3,(H2,16,17);1H. The Kier molecular flexibility index (Phi) is 6.68. The Morgan fingerprint density at radius 2 is 1.74 bits per heavy atom. The molecule has 2 nitrogen and oxygen atoms in total. The number of rotatable bonds is 2. The van der Waals surface area contributed by atoms with Crippen LogP contribution in [0.15, 0.2) is 48.5 Å². The largest absolute Gasteiger partial charge is 0.335 e. The fourth-order valence-corrected chi connectivity index (χ4v) is 1.98. The second-order valence-electron chi connectivity index (χ2n) is 3.71. The Morgan fingerprint density at radius 3 is 2.37 bits per heavy atom. The highest BCUT2D eigenvalue weighted by atomic mass is 127. The average Bonchev–Trinajstić information content (AvgIpc) is 2.40. The van der Waals surface area contributed by atoms with Crippen LogP contribution in [-0.2, 0) is 0 Å². The Balaban J connectivity index is 0.00000180. The first-order valence-electron chi connectivity index (χ1n) is 5.45. The number of hydrogen-bond donors (Lipinski definition) is 2. The van der Waals surface area contributed by atoms with Crippen molar-refractivity contribution < 1.29 is 0 Å². The summed E-state index contributed by atoms with van der Waals surface area (Å²) in [4.78, 5) is 0. The fraction of sp³-hybridized carbons (Fsp3) is 0.0714. The van der Waals surface area contributed by atoms with Crippen molar-refractivity contribution in [1.29, 1.82) is 5.41 Å². The van der Waals surface area contributed by atoms with Crippen molar-refractivity contribution in [1.82, 2.24) is 0 Å². The van der Waals surface area contributed by atoms with Gasteiger partial charge in [0.2, 0.25) is 0 Å². The number of anilines is 1. The van der Waals surface area contributed by atoms with Gasteiger partial charge in [-0.15, -0.1) is 24.0 Å². The number of hydrogen-bond acceptors (Lipinski definition) is 2. The molecule has 5 heteroatoms. The van der Waals surface area contributed by atoms with Crippen LogP contribution in [0.2, 0.25) is 5.02 Å². The fourth-order valence-electron chi connectivity index (χ4n) is 1.65. The lowest BCUT2D eigenvalue weighted by Gasteiger charge is -2.11. The molecule has 0 aromatic heterocycles. The van der Waals surface area contributed by atoms with Gasteiger partial charge in [-0.05, 0) is 30.0 Å². The molecule has 0 bridgehead atoms. The van der Waals surface area contributed by atoms with Gasteiger partial charge in [0.25, 0.3) is 0 Å². The summed E-state index contributed by atoms with van der Waals surface area (Å²) in [6.07, 6.45) is 1.88. The molecular weight excluding hydrogens is 391 g/mol. The summed E-state index contributed by atoms with van der Waals surface area (Å²) in [6, 6.07) is 15.6. The second-order valence-corrected chi connectivity index (χ2v) is 4.96. The predicted octanol–water partition coefficient (Wildman–Crippen LogP) is 5.33. The maximum absolute atomic E-state index is 7.70. The molecule has 2 aromatic rings. The van der Waals surface area contributed by atoms with Crippen LogP contribution in [0.5, 0.6) is 0 Å². The number of nitrogens with one attached hydrogen (secondary N) is 2. The zero-order chi connectivity index (χ0) is 13.0. The molecule has 100 valence electrons. The summed E-state index contributed by atoms with van der Waals surface area (Å²) >= 11 is 7.27. The van der Waals surface area contributed by atoms with Crippen molar-refractivity contribution >= 4 is 58.2 Å². The number of amidine groups is 1. The molecule has 2 aromatic carbocycles. The van der Waals surface area contributed by atoms with E-state index in [1.807, 2.05) is 54.8 Å². The lowest BCUT2D eigenvalue weighted by molar-refractivity contribution is 1.51. The molecule has 2 N–H and O–H groups in total. The number of benzene rings is 2. The summed E-state index contributed by atoms with van der Waals surface area (Å²) < 4.78 is 0. The minimum absolute atomic E-state index is 0. The van der Waals surface area contributed by atoms with Crippen LogP contribution in [0.1, 0.15) is 0 Å². The molecule has 19 heavy (non-hydrogen) atoms. The summed E-state index contributed by atoms with van der Waals surface area (Å²) in [5.41, 5.74) is 3.07. The topological polar surface area (TPSA) is 35.9 Å². The highest BCUT2D eigenvalue weighted by Crippen LogP contribution is 2.29. The third kappa shape index (κ3) is 4.40. The van der Waals surface area contributed by atoms with Gasteiger partial charge < -0.3 is 5.32 Å². The van der Waals surface area contributed by atoms with E-state index in [0.29, 0.717) is 5.17 Å². The quantitative estimate of drug-likeness (QED) is 0.403. The number of halogens is 2.